The lowest BCUT2D eigenvalue weighted by atomic mass is 10.0. The molecular formula is C22H22ClF3N2O. The Bertz CT molecular complexity index is 923. The van der Waals surface area contributed by atoms with Crippen LogP contribution in [0.2, 0.25) is 5.02 Å². The molecule has 1 saturated carbocycles. The van der Waals surface area contributed by atoms with E-state index < -0.39 is 11.7 Å². The minimum absolute atomic E-state index is 0.0329. The van der Waals surface area contributed by atoms with Crippen LogP contribution in [0, 0.1) is 12.8 Å². The highest BCUT2D eigenvalue weighted by molar-refractivity contribution is 6.30. The third-order valence-corrected chi connectivity index (χ3v) is 6.11. The fourth-order valence-electron chi connectivity index (χ4n) is 4.22. The molecule has 0 bridgehead atoms. The Hall–Kier alpha value is -2.21. The average Bonchev–Trinajstić information content (AvgIpc) is 3.49. The van der Waals surface area contributed by atoms with Crippen molar-refractivity contribution in [3.05, 3.63) is 64.2 Å². The molecule has 2 unspecified atom stereocenters. The molecule has 0 radical (unpaired) electrons. The highest BCUT2D eigenvalue weighted by Gasteiger charge is 2.49. The van der Waals surface area contributed by atoms with Gasteiger partial charge in [-0.05, 0) is 48.6 Å². The van der Waals surface area contributed by atoms with Crippen molar-refractivity contribution in [2.45, 2.75) is 25.4 Å². The molecule has 154 valence electrons. The first kappa shape index (κ1) is 20.1. The van der Waals surface area contributed by atoms with Gasteiger partial charge < -0.3 is 9.80 Å². The van der Waals surface area contributed by atoms with Crippen molar-refractivity contribution < 1.29 is 18.0 Å². The second-order valence-electron chi connectivity index (χ2n) is 7.78. The number of hydrogen-bond acceptors (Lipinski definition) is 2. The van der Waals surface area contributed by atoms with Gasteiger partial charge in [0.1, 0.15) is 0 Å². The average molecular weight is 423 g/mol. The number of aryl methyl sites for hydroxylation is 1. The first-order valence-electron chi connectivity index (χ1n) is 9.71. The van der Waals surface area contributed by atoms with Crippen LogP contribution < -0.4 is 4.90 Å². The number of nitrogens with zero attached hydrogens (tertiary/aromatic N) is 2. The summed E-state index contributed by atoms with van der Waals surface area (Å²) >= 11 is 6.11. The molecular weight excluding hydrogens is 401 g/mol. The molecule has 2 aromatic carbocycles. The summed E-state index contributed by atoms with van der Waals surface area (Å²) in [5, 5.41) is 0.674. The monoisotopic (exact) mass is 422 g/mol. The predicted molar refractivity (Wildman–Crippen MR) is 107 cm³/mol. The second kappa shape index (κ2) is 7.56. The molecule has 0 spiro atoms. The van der Waals surface area contributed by atoms with E-state index in [2.05, 4.69) is 4.90 Å². The third kappa shape index (κ3) is 4.08. The first-order chi connectivity index (χ1) is 13.8. The van der Waals surface area contributed by atoms with E-state index in [1.807, 2.05) is 25.1 Å². The molecule has 1 amide bonds. The van der Waals surface area contributed by atoms with Crippen LogP contribution >= 0.6 is 11.6 Å². The van der Waals surface area contributed by atoms with Crippen molar-refractivity contribution in [3.63, 3.8) is 0 Å². The molecule has 2 atom stereocenters. The van der Waals surface area contributed by atoms with Crippen LogP contribution in [0.25, 0.3) is 0 Å². The van der Waals surface area contributed by atoms with Gasteiger partial charge in [-0.2, -0.15) is 13.2 Å². The number of hydrogen-bond donors (Lipinski definition) is 0. The number of amides is 1. The lowest BCUT2D eigenvalue weighted by Crippen LogP contribution is -2.49. The van der Waals surface area contributed by atoms with E-state index in [9.17, 15) is 18.0 Å². The Labute approximate surface area is 173 Å². The number of rotatable bonds is 3. The Morgan fingerprint density at radius 3 is 2.45 bits per heavy atom. The van der Waals surface area contributed by atoms with Crippen LogP contribution in [0.1, 0.15) is 29.0 Å². The number of carbonyl (C=O) groups excluding carboxylic acids is 1. The number of benzene rings is 2. The van der Waals surface area contributed by atoms with Gasteiger partial charge in [0, 0.05) is 42.8 Å². The molecule has 2 fully saturated rings. The van der Waals surface area contributed by atoms with E-state index in [0.717, 1.165) is 17.3 Å². The molecule has 3 nitrogen and oxygen atoms in total. The number of anilines is 1. The quantitative estimate of drug-likeness (QED) is 0.685. The van der Waals surface area contributed by atoms with Crippen LogP contribution in [0.4, 0.5) is 18.9 Å². The van der Waals surface area contributed by atoms with E-state index in [1.165, 1.54) is 12.1 Å². The predicted octanol–water partition coefficient (Wildman–Crippen LogP) is 5.12. The molecule has 0 N–H and O–H groups in total. The summed E-state index contributed by atoms with van der Waals surface area (Å²) in [6, 6.07) is 11.4. The molecule has 2 aliphatic rings. The number of halogens is 4. The lowest BCUT2D eigenvalue weighted by Gasteiger charge is -2.37. The highest BCUT2D eigenvalue weighted by atomic mass is 35.5. The Kier molecular flexibility index (Phi) is 5.23. The van der Waals surface area contributed by atoms with Gasteiger partial charge in [-0.25, -0.2) is 0 Å². The van der Waals surface area contributed by atoms with Gasteiger partial charge in [0.25, 0.3) is 0 Å². The van der Waals surface area contributed by atoms with E-state index >= 15 is 0 Å². The molecule has 0 aromatic heterocycles. The molecule has 2 aromatic rings. The van der Waals surface area contributed by atoms with Crippen LogP contribution in [-0.4, -0.2) is 37.0 Å². The number of piperazine rings is 1. The second-order valence-corrected chi connectivity index (χ2v) is 8.21. The van der Waals surface area contributed by atoms with Gasteiger partial charge in [0.2, 0.25) is 5.91 Å². The summed E-state index contributed by atoms with van der Waals surface area (Å²) in [7, 11) is 0. The van der Waals surface area contributed by atoms with E-state index in [0.29, 0.717) is 37.6 Å². The van der Waals surface area contributed by atoms with Crippen molar-refractivity contribution in [2.75, 3.05) is 31.1 Å². The van der Waals surface area contributed by atoms with Gasteiger partial charge in [-0.1, -0.05) is 35.9 Å². The zero-order valence-electron chi connectivity index (χ0n) is 16.0. The summed E-state index contributed by atoms with van der Waals surface area (Å²) in [5.74, 6) is -0.721. The van der Waals surface area contributed by atoms with E-state index in [-0.39, 0.29) is 23.3 Å². The van der Waals surface area contributed by atoms with Crippen LogP contribution in [0.5, 0.6) is 0 Å². The normalized spacial score (nSPS) is 22.0. The fraction of sp³-hybridized carbons (Fsp3) is 0.409. The standard InChI is InChI=1S/C22H22ClF3N2O/c1-14-6-7-15(23)12-20(14)27-8-10-28(11-9-27)21(29)18-13-17(18)16-4-2-3-5-19(16)22(24,25)26/h2-7,12,17-18H,8-11,13H2,1H3. The van der Waals surface area contributed by atoms with Crippen LogP contribution in [-0.2, 0) is 11.0 Å². The van der Waals surface area contributed by atoms with Crippen molar-refractivity contribution in [1.82, 2.24) is 4.90 Å². The molecule has 7 heteroatoms. The number of alkyl halides is 3. The zero-order chi connectivity index (χ0) is 20.8. The molecule has 1 aliphatic carbocycles. The minimum Gasteiger partial charge on any atom is -0.368 e. The molecule has 1 heterocycles. The Balaban J connectivity index is 1.40. The highest BCUT2D eigenvalue weighted by Crippen LogP contribution is 2.51. The summed E-state index contributed by atoms with van der Waals surface area (Å²) in [6.07, 6.45) is -3.91. The topological polar surface area (TPSA) is 23.6 Å². The SMILES string of the molecule is Cc1ccc(Cl)cc1N1CCN(C(=O)C2CC2c2ccccc2C(F)(F)F)CC1. The lowest BCUT2D eigenvalue weighted by molar-refractivity contribution is -0.138. The maximum absolute atomic E-state index is 13.3. The molecule has 4 rings (SSSR count). The van der Waals surface area contributed by atoms with Gasteiger partial charge in [-0.15, -0.1) is 0 Å². The fourth-order valence-corrected chi connectivity index (χ4v) is 4.38. The van der Waals surface area contributed by atoms with Gasteiger partial charge >= 0.3 is 6.18 Å². The van der Waals surface area contributed by atoms with Crippen LogP contribution in [0.15, 0.2) is 42.5 Å². The summed E-state index contributed by atoms with van der Waals surface area (Å²) in [4.78, 5) is 16.9. The molecule has 1 aliphatic heterocycles. The zero-order valence-corrected chi connectivity index (χ0v) is 16.8. The third-order valence-electron chi connectivity index (χ3n) is 5.88. The van der Waals surface area contributed by atoms with Crippen molar-refractivity contribution in [3.8, 4) is 0 Å². The number of carbonyl (C=O) groups is 1. The maximum Gasteiger partial charge on any atom is 0.416 e. The van der Waals surface area contributed by atoms with Crippen LogP contribution in [0.3, 0.4) is 0 Å². The summed E-state index contributed by atoms with van der Waals surface area (Å²) in [5.41, 5.74) is 1.81. The maximum atomic E-state index is 13.3. The van der Waals surface area contributed by atoms with Crippen molar-refractivity contribution in [2.24, 2.45) is 5.92 Å². The van der Waals surface area contributed by atoms with Gasteiger partial charge in [-0.3, -0.25) is 4.79 Å². The smallest absolute Gasteiger partial charge is 0.368 e. The Morgan fingerprint density at radius 2 is 1.76 bits per heavy atom. The van der Waals surface area contributed by atoms with Gasteiger partial charge in [0.05, 0.1) is 5.56 Å². The van der Waals surface area contributed by atoms with Crippen molar-refractivity contribution >= 4 is 23.2 Å². The largest absolute Gasteiger partial charge is 0.416 e. The minimum atomic E-state index is -4.40. The van der Waals surface area contributed by atoms with E-state index in [1.54, 1.807) is 11.0 Å². The molecule has 29 heavy (non-hydrogen) atoms. The Morgan fingerprint density at radius 1 is 1.07 bits per heavy atom. The summed E-state index contributed by atoms with van der Waals surface area (Å²) in [6.45, 7) is 4.52. The van der Waals surface area contributed by atoms with E-state index in [4.69, 9.17) is 11.6 Å². The summed E-state index contributed by atoms with van der Waals surface area (Å²) < 4.78 is 39.8. The molecule has 1 saturated heterocycles. The van der Waals surface area contributed by atoms with Crippen molar-refractivity contribution in [1.29, 1.82) is 0 Å². The first-order valence-corrected chi connectivity index (χ1v) is 10.1. The van der Waals surface area contributed by atoms with Gasteiger partial charge in [0.15, 0.2) is 0 Å².